The molecular formula is C15H16N4O. The summed E-state index contributed by atoms with van der Waals surface area (Å²) in [5.74, 6) is 0.0721. The smallest absolute Gasteiger partial charge is 0.254 e. The van der Waals surface area contributed by atoms with E-state index in [-0.39, 0.29) is 11.9 Å². The highest BCUT2D eigenvalue weighted by Gasteiger charge is 2.26. The number of carbonyl (C=O) groups excluding carboxylic acids is 1. The third-order valence-electron chi connectivity index (χ3n) is 3.44. The van der Waals surface area contributed by atoms with Crippen molar-refractivity contribution in [2.45, 2.75) is 12.5 Å². The second-order valence-electron chi connectivity index (χ2n) is 4.86. The minimum Gasteiger partial charge on any atom is -0.379 e. The normalized spacial score (nSPS) is 18.0. The Labute approximate surface area is 117 Å². The van der Waals surface area contributed by atoms with Gasteiger partial charge >= 0.3 is 0 Å². The van der Waals surface area contributed by atoms with Crippen LogP contribution in [0.1, 0.15) is 16.8 Å². The molecule has 1 saturated heterocycles. The van der Waals surface area contributed by atoms with Crippen LogP contribution in [0.2, 0.25) is 0 Å². The van der Waals surface area contributed by atoms with Gasteiger partial charge in [0.2, 0.25) is 0 Å². The monoisotopic (exact) mass is 268 g/mol. The molecule has 0 saturated carbocycles. The predicted octanol–water partition coefficient (Wildman–Crippen LogP) is 1.80. The molecule has 0 bridgehead atoms. The molecule has 0 aromatic carbocycles. The number of nitrogens with zero attached hydrogens (tertiary/aromatic N) is 3. The van der Waals surface area contributed by atoms with Crippen molar-refractivity contribution in [1.29, 1.82) is 0 Å². The number of hydrogen-bond acceptors (Lipinski definition) is 4. The third kappa shape index (κ3) is 2.77. The summed E-state index contributed by atoms with van der Waals surface area (Å²) in [7, 11) is 0. The number of hydrogen-bond donors (Lipinski definition) is 1. The van der Waals surface area contributed by atoms with Crippen LogP contribution in [0.15, 0.2) is 49.1 Å². The number of nitrogens with one attached hydrogen (secondary N) is 1. The van der Waals surface area contributed by atoms with Crippen molar-refractivity contribution in [3.05, 3.63) is 54.6 Å². The highest BCUT2D eigenvalue weighted by molar-refractivity contribution is 5.94. The topological polar surface area (TPSA) is 58.1 Å². The van der Waals surface area contributed by atoms with Gasteiger partial charge in [0.15, 0.2) is 0 Å². The predicted molar refractivity (Wildman–Crippen MR) is 76.4 cm³/mol. The van der Waals surface area contributed by atoms with Gasteiger partial charge in [0.25, 0.3) is 5.91 Å². The molecule has 0 aliphatic carbocycles. The minimum absolute atomic E-state index is 0.0721. The molecule has 5 heteroatoms. The molecule has 102 valence electrons. The van der Waals surface area contributed by atoms with E-state index in [1.165, 1.54) is 0 Å². The van der Waals surface area contributed by atoms with E-state index >= 15 is 0 Å². The molecule has 1 fully saturated rings. The standard InChI is InChI=1S/C15H16N4O/c20-15(12-3-7-16-8-4-12)19-9-5-14(11-19)18-13-2-1-6-17-10-13/h1-4,6-8,10,14,18H,5,9,11H2/t14-/m1/s1. The van der Waals surface area contributed by atoms with E-state index in [2.05, 4.69) is 15.3 Å². The molecule has 5 nitrogen and oxygen atoms in total. The average Bonchev–Trinajstić information content (AvgIpc) is 2.97. The van der Waals surface area contributed by atoms with Crippen molar-refractivity contribution in [3.8, 4) is 0 Å². The number of carbonyl (C=O) groups is 1. The first-order chi connectivity index (χ1) is 9.83. The maximum absolute atomic E-state index is 12.3. The Bertz CT molecular complexity index is 573. The van der Waals surface area contributed by atoms with Gasteiger partial charge in [-0.1, -0.05) is 0 Å². The van der Waals surface area contributed by atoms with E-state index < -0.39 is 0 Å². The van der Waals surface area contributed by atoms with Crippen molar-refractivity contribution in [2.75, 3.05) is 18.4 Å². The van der Waals surface area contributed by atoms with Crippen LogP contribution in [0.4, 0.5) is 5.69 Å². The summed E-state index contributed by atoms with van der Waals surface area (Å²) in [5, 5.41) is 3.41. The molecule has 20 heavy (non-hydrogen) atoms. The van der Waals surface area contributed by atoms with Gasteiger partial charge in [0.1, 0.15) is 0 Å². The molecule has 1 atom stereocenters. The van der Waals surface area contributed by atoms with Crippen LogP contribution in [-0.2, 0) is 0 Å². The third-order valence-corrected chi connectivity index (χ3v) is 3.44. The molecule has 0 radical (unpaired) electrons. The molecule has 1 amide bonds. The Balaban J connectivity index is 1.61. The van der Waals surface area contributed by atoms with Crippen LogP contribution in [-0.4, -0.2) is 39.9 Å². The number of anilines is 1. The summed E-state index contributed by atoms with van der Waals surface area (Å²) >= 11 is 0. The van der Waals surface area contributed by atoms with Crippen molar-refractivity contribution in [2.24, 2.45) is 0 Å². The van der Waals surface area contributed by atoms with Crippen molar-refractivity contribution >= 4 is 11.6 Å². The Morgan fingerprint density at radius 1 is 1.20 bits per heavy atom. The molecular weight excluding hydrogens is 252 g/mol. The van der Waals surface area contributed by atoms with E-state index in [4.69, 9.17) is 0 Å². The van der Waals surface area contributed by atoms with Gasteiger partial charge < -0.3 is 10.2 Å². The van der Waals surface area contributed by atoms with Gasteiger partial charge in [-0.05, 0) is 30.7 Å². The highest BCUT2D eigenvalue weighted by Crippen LogP contribution is 2.17. The molecule has 1 N–H and O–H groups in total. The highest BCUT2D eigenvalue weighted by atomic mass is 16.2. The Kier molecular flexibility index (Phi) is 3.58. The van der Waals surface area contributed by atoms with Crippen molar-refractivity contribution in [1.82, 2.24) is 14.9 Å². The summed E-state index contributed by atoms with van der Waals surface area (Å²) in [5.41, 5.74) is 1.69. The van der Waals surface area contributed by atoms with Gasteiger partial charge in [-0.2, -0.15) is 0 Å². The lowest BCUT2D eigenvalue weighted by Crippen LogP contribution is -2.31. The van der Waals surface area contributed by atoms with Crippen LogP contribution < -0.4 is 5.32 Å². The SMILES string of the molecule is O=C(c1ccncc1)N1CC[C@@H](Nc2cccnc2)C1. The molecule has 1 aliphatic rings. The fraction of sp³-hybridized carbons (Fsp3) is 0.267. The Morgan fingerprint density at radius 3 is 2.80 bits per heavy atom. The number of rotatable bonds is 3. The van der Waals surface area contributed by atoms with Gasteiger partial charge in [-0.25, -0.2) is 0 Å². The van der Waals surface area contributed by atoms with E-state index in [9.17, 15) is 4.79 Å². The van der Waals surface area contributed by atoms with Gasteiger partial charge in [0, 0.05) is 49.5 Å². The molecule has 2 aromatic rings. The Morgan fingerprint density at radius 2 is 2.05 bits per heavy atom. The zero-order valence-corrected chi connectivity index (χ0v) is 11.1. The second kappa shape index (κ2) is 5.69. The van der Waals surface area contributed by atoms with E-state index in [0.29, 0.717) is 5.56 Å². The molecule has 0 spiro atoms. The summed E-state index contributed by atoms with van der Waals surface area (Å²) < 4.78 is 0. The summed E-state index contributed by atoms with van der Waals surface area (Å²) in [6, 6.07) is 7.68. The lowest BCUT2D eigenvalue weighted by molar-refractivity contribution is 0.0791. The minimum atomic E-state index is 0.0721. The quantitative estimate of drug-likeness (QED) is 0.922. The van der Waals surface area contributed by atoms with Gasteiger partial charge in [0.05, 0.1) is 5.69 Å². The number of likely N-dealkylation sites (tertiary alicyclic amines) is 1. The van der Waals surface area contributed by atoms with Crippen LogP contribution in [0, 0.1) is 0 Å². The van der Waals surface area contributed by atoms with Crippen LogP contribution >= 0.6 is 0 Å². The number of pyridine rings is 2. The van der Waals surface area contributed by atoms with Crippen LogP contribution in [0.5, 0.6) is 0 Å². The number of amides is 1. The summed E-state index contributed by atoms with van der Waals surface area (Å²) in [6.07, 6.45) is 7.79. The van der Waals surface area contributed by atoms with Crippen molar-refractivity contribution < 1.29 is 4.79 Å². The lowest BCUT2D eigenvalue weighted by Gasteiger charge is -2.17. The fourth-order valence-corrected chi connectivity index (χ4v) is 2.42. The molecule has 0 unspecified atom stereocenters. The average molecular weight is 268 g/mol. The first-order valence-corrected chi connectivity index (χ1v) is 6.69. The fourth-order valence-electron chi connectivity index (χ4n) is 2.42. The molecule has 3 rings (SSSR count). The van der Waals surface area contributed by atoms with Crippen LogP contribution in [0.3, 0.4) is 0 Å². The summed E-state index contributed by atoms with van der Waals surface area (Å²) in [4.78, 5) is 22.2. The molecule has 3 heterocycles. The number of aromatic nitrogens is 2. The maximum Gasteiger partial charge on any atom is 0.254 e. The largest absolute Gasteiger partial charge is 0.379 e. The van der Waals surface area contributed by atoms with E-state index in [1.54, 1.807) is 36.9 Å². The first-order valence-electron chi connectivity index (χ1n) is 6.69. The lowest BCUT2D eigenvalue weighted by atomic mass is 10.2. The van der Waals surface area contributed by atoms with Gasteiger partial charge in [-0.3, -0.25) is 14.8 Å². The zero-order valence-electron chi connectivity index (χ0n) is 11.1. The van der Waals surface area contributed by atoms with Gasteiger partial charge in [-0.15, -0.1) is 0 Å². The molecule has 1 aliphatic heterocycles. The Hall–Kier alpha value is -2.43. The summed E-state index contributed by atoms with van der Waals surface area (Å²) in [6.45, 7) is 1.50. The zero-order chi connectivity index (χ0) is 13.8. The molecule has 2 aromatic heterocycles. The maximum atomic E-state index is 12.3. The van der Waals surface area contributed by atoms with E-state index in [0.717, 1.165) is 25.2 Å². The first kappa shape index (κ1) is 12.6. The van der Waals surface area contributed by atoms with Crippen molar-refractivity contribution in [3.63, 3.8) is 0 Å². The second-order valence-corrected chi connectivity index (χ2v) is 4.86. The van der Waals surface area contributed by atoms with E-state index in [1.807, 2.05) is 17.0 Å². The van der Waals surface area contributed by atoms with Crippen LogP contribution in [0.25, 0.3) is 0 Å².